The maximum absolute atomic E-state index is 10.6. The molecule has 9 heteroatoms. The van der Waals surface area contributed by atoms with Crippen LogP contribution in [0, 0.1) is 25.2 Å². The highest BCUT2D eigenvalue weighted by atomic mass is 16.3. The lowest BCUT2D eigenvalue weighted by Crippen LogP contribution is -2.11. The molecule has 188 valence electrons. The second-order valence-electron chi connectivity index (χ2n) is 8.33. The van der Waals surface area contributed by atoms with Gasteiger partial charge in [-0.05, 0) is 68.8 Å². The first-order valence-electron chi connectivity index (χ1n) is 12.3. The number of aryl methyl sites for hydroxylation is 2. The Morgan fingerprint density at radius 2 is 1.81 bits per heavy atom. The number of nitrogens with zero attached hydrogens (tertiary/aromatic N) is 7. The van der Waals surface area contributed by atoms with Crippen LogP contribution in [0.2, 0.25) is 0 Å². The van der Waals surface area contributed by atoms with E-state index < -0.39 is 6.10 Å². The third kappa shape index (κ3) is 5.20. The predicted molar refractivity (Wildman–Crippen MR) is 144 cm³/mol. The van der Waals surface area contributed by atoms with Gasteiger partial charge < -0.3 is 10.4 Å². The number of benzene rings is 1. The van der Waals surface area contributed by atoms with Crippen molar-refractivity contribution in [1.82, 2.24) is 29.3 Å². The second kappa shape index (κ2) is 11.0. The minimum atomic E-state index is -0.704. The highest BCUT2D eigenvalue weighted by molar-refractivity contribution is 5.82. The number of aliphatic hydroxyl groups is 1. The topological polar surface area (TPSA) is 117 Å². The normalized spacial score (nSPS) is 11.5. The lowest BCUT2D eigenvalue weighted by atomic mass is 10.1. The van der Waals surface area contributed by atoms with Crippen molar-refractivity contribution >= 4 is 22.4 Å². The molecule has 0 aliphatic heterocycles. The summed E-state index contributed by atoms with van der Waals surface area (Å²) < 4.78 is 3.50. The maximum Gasteiger partial charge on any atom is 0.163 e. The third-order valence-corrected chi connectivity index (χ3v) is 5.83. The van der Waals surface area contributed by atoms with Crippen molar-refractivity contribution in [2.24, 2.45) is 0 Å². The molecule has 5 aromatic rings. The van der Waals surface area contributed by atoms with Gasteiger partial charge in [0.05, 0.1) is 29.0 Å². The summed E-state index contributed by atoms with van der Waals surface area (Å²) in [6, 6.07) is 17.3. The van der Waals surface area contributed by atoms with Gasteiger partial charge in [0.1, 0.15) is 18.2 Å². The number of pyridine rings is 2. The standard InChI is InChI=1S/C26H24N8O.C2H6/c1-4-24(35)21-8-10-25(31-26(21)34-17(3)11-20(13-27)32-34)33-15-29-22-12-18(7-9-23(22)33)30-19-6-5-16(2)28-14-19;1-2/h5-12,14-15,24,30,35H,4H2,1-3H3;1-2H3. The smallest absolute Gasteiger partial charge is 0.163 e. The van der Waals surface area contributed by atoms with Crippen LogP contribution in [0.5, 0.6) is 0 Å². The van der Waals surface area contributed by atoms with E-state index in [2.05, 4.69) is 26.5 Å². The average molecular weight is 495 g/mol. The fourth-order valence-electron chi connectivity index (χ4n) is 3.96. The zero-order chi connectivity index (χ0) is 26.5. The molecule has 0 saturated carbocycles. The van der Waals surface area contributed by atoms with Gasteiger partial charge in [0.25, 0.3) is 0 Å². The molecule has 1 aromatic carbocycles. The zero-order valence-electron chi connectivity index (χ0n) is 21.6. The Morgan fingerprint density at radius 3 is 2.49 bits per heavy atom. The van der Waals surface area contributed by atoms with Gasteiger partial charge in [0.15, 0.2) is 11.5 Å². The highest BCUT2D eigenvalue weighted by Crippen LogP contribution is 2.27. The molecule has 2 N–H and O–H groups in total. The number of fused-ring (bicyclic) bond motifs is 1. The van der Waals surface area contributed by atoms with Crippen LogP contribution in [-0.4, -0.2) is 34.4 Å². The number of anilines is 2. The van der Waals surface area contributed by atoms with Crippen molar-refractivity contribution in [3.63, 3.8) is 0 Å². The molecule has 9 nitrogen and oxygen atoms in total. The zero-order valence-corrected chi connectivity index (χ0v) is 21.6. The van der Waals surface area contributed by atoms with E-state index in [1.807, 2.05) is 81.7 Å². The van der Waals surface area contributed by atoms with Crippen LogP contribution >= 0.6 is 0 Å². The van der Waals surface area contributed by atoms with E-state index in [1.165, 1.54) is 0 Å². The fourth-order valence-corrected chi connectivity index (χ4v) is 3.96. The minimum Gasteiger partial charge on any atom is -0.388 e. The molecule has 0 fully saturated rings. The van der Waals surface area contributed by atoms with Crippen LogP contribution in [0.15, 0.2) is 61.1 Å². The lowest BCUT2D eigenvalue weighted by Gasteiger charge is -2.16. The van der Waals surface area contributed by atoms with Crippen LogP contribution in [0.3, 0.4) is 0 Å². The first-order chi connectivity index (χ1) is 18.0. The van der Waals surface area contributed by atoms with Crippen molar-refractivity contribution in [3.8, 4) is 17.7 Å². The SMILES string of the molecule is CC.CCC(O)c1ccc(-n2cnc3cc(Nc4ccc(C)nc4)ccc32)nc1-n1nc(C#N)cc1C. The van der Waals surface area contributed by atoms with Gasteiger partial charge in [-0.15, -0.1) is 0 Å². The molecule has 0 bridgehead atoms. The molecule has 0 spiro atoms. The van der Waals surface area contributed by atoms with Crippen molar-refractivity contribution in [2.45, 2.75) is 47.1 Å². The number of hydrogen-bond donors (Lipinski definition) is 2. The Bertz CT molecular complexity index is 1560. The van der Waals surface area contributed by atoms with Gasteiger partial charge in [-0.25, -0.2) is 14.6 Å². The van der Waals surface area contributed by atoms with Crippen LogP contribution in [0.4, 0.5) is 11.4 Å². The van der Waals surface area contributed by atoms with Crippen molar-refractivity contribution in [2.75, 3.05) is 5.32 Å². The van der Waals surface area contributed by atoms with E-state index in [4.69, 9.17) is 4.98 Å². The molecular formula is C28H30N8O. The maximum atomic E-state index is 10.6. The van der Waals surface area contributed by atoms with Crippen LogP contribution in [-0.2, 0) is 0 Å². The number of aromatic nitrogens is 6. The van der Waals surface area contributed by atoms with Crippen molar-refractivity contribution < 1.29 is 5.11 Å². The molecule has 37 heavy (non-hydrogen) atoms. The molecule has 0 saturated heterocycles. The van der Waals surface area contributed by atoms with E-state index >= 15 is 0 Å². The minimum absolute atomic E-state index is 0.295. The Labute approximate surface area is 216 Å². The summed E-state index contributed by atoms with van der Waals surface area (Å²) in [4.78, 5) is 13.7. The molecule has 4 heterocycles. The fraction of sp³-hybridized carbons (Fsp3) is 0.250. The Kier molecular flexibility index (Phi) is 7.60. The lowest BCUT2D eigenvalue weighted by molar-refractivity contribution is 0.173. The van der Waals surface area contributed by atoms with Gasteiger partial charge in [-0.3, -0.25) is 9.55 Å². The largest absolute Gasteiger partial charge is 0.388 e. The molecular weight excluding hydrogens is 464 g/mol. The van der Waals surface area contributed by atoms with E-state index in [0.717, 1.165) is 33.8 Å². The predicted octanol–water partition coefficient (Wildman–Crippen LogP) is 5.70. The quantitative estimate of drug-likeness (QED) is 0.311. The molecule has 5 rings (SSSR count). The number of hydrogen-bond acceptors (Lipinski definition) is 7. The summed E-state index contributed by atoms with van der Waals surface area (Å²) in [6.45, 7) is 9.71. The Hall–Kier alpha value is -4.55. The first-order valence-corrected chi connectivity index (χ1v) is 12.3. The van der Waals surface area contributed by atoms with Gasteiger partial charge in [0, 0.05) is 22.6 Å². The second-order valence-corrected chi connectivity index (χ2v) is 8.33. The Morgan fingerprint density at radius 1 is 1.03 bits per heavy atom. The number of nitrogens with one attached hydrogen (secondary N) is 1. The van der Waals surface area contributed by atoms with Gasteiger partial charge in [-0.2, -0.15) is 10.4 Å². The summed E-state index contributed by atoms with van der Waals surface area (Å²) in [5, 5.41) is 27.6. The summed E-state index contributed by atoms with van der Waals surface area (Å²) in [5.74, 6) is 1.12. The molecule has 0 amide bonds. The van der Waals surface area contributed by atoms with Crippen LogP contribution in [0.25, 0.3) is 22.7 Å². The van der Waals surface area contributed by atoms with Crippen LogP contribution < -0.4 is 5.32 Å². The third-order valence-electron chi connectivity index (χ3n) is 5.83. The van der Waals surface area contributed by atoms with E-state index in [9.17, 15) is 10.4 Å². The van der Waals surface area contributed by atoms with Gasteiger partial charge >= 0.3 is 0 Å². The van der Waals surface area contributed by atoms with E-state index in [0.29, 0.717) is 29.3 Å². The van der Waals surface area contributed by atoms with E-state index in [-0.39, 0.29) is 0 Å². The van der Waals surface area contributed by atoms with Crippen molar-refractivity contribution in [3.05, 3.63) is 83.7 Å². The summed E-state index contributed by atoms with van der Waals surface area (Å²) in [6.07, 6.45) is 3.34. The number of imidazole rings is 1. The van der Waals surface area contributed by atoms with Gasteiger partial charge in [-0.1, -0.05) is 20.8 Å². The molecule has 0 aliphatic carbocycles. The summed E-state index contributed by atoms with van der Waals surface area (Å²) in [7, 11) is 0. The first kappa shape index (κ1) is 25.5. The molecule has 0 aliphatic rings. The monoisotopic (exact) mass is 494 g/mol. The molecule has 1 atom stereocenters. The van der Waals surface area contributed by atoms with E-state index in [1.54, 1.807) is 23.3 Å². The number of nitriles is 1. The summed E-state index contributed by atoms with van der Waals surface area (Å²) in [5.41, 5.74) is 6.15. The number of aliphatic hydroxyl groups excluding tert-OH is 1. The highest BCUT2D eigenvalue weighted by Gasteiger charge is 2.19. The number of rotatable bonds is 6. The molecule has 4 aromatic heterocycles. The van der Waals surface area contributed by atoms with Crippen LogP contribution in [0.1, 0.15) is 55.9 Å². The average Bonchev–Trinajstić information content (AvgIpc) is 3.53. The molecule has 1 unspecified atom stereocenters. The van der Waals surface area contributed by atoms with Gasteiger partial charge in [0.2, 0.25) is 0 Å². The molecule has 0 radical (unpaired) electrons. The van der Waals surface area contributed by atoms with Crippen molar-refractivity contribution in [1.29, 1.82) is 5.26 Å². The Balaban J connectivity index is 0.00000156. The summed E-state index contributed by atoms with van der Waals surface area (Å²) >= 11 is 0.